The lowest BCUT2D eigenvalue weighted by Crippen LogP contribution is -2.04. The van der Waals surface area contributed by atoms with Crippen molar-refractivity contribution in [2.45, 2.75) is 40.3 Å². The number of fused-ring (bicyclic) bond motifs is 1. The summed E-state index contributed by atoms with van der Waals surface area (Å²) in [5, 5.41) is 2.38. The molecule has 0 fully saturated rings. The molecule has 134 valence electrons. The van der Waals surface area contributed by atoms with Crippen LogP contribution in [-0.2, 0) is 13.2 Å². The molecule has 0 unspecified atom stereocenters. The van der Waals surface area contributed by atoms with E-state index in [2.05, 4.69) is 30.3 Å². The Bertz CT molecular complexity index is 870. The first kappa shape index (κ1) is 19.9. The first-order chi connectivity index (χ1) is 11.5. The number of hydrogen-bond donors (Lipinski definition) is 0. The molecule has 25 heavy (non-hydrogen) atoms. The number of pyridine rings is 1. The number of halogens is 3. The molecule has 0 aliphatic heterocycles. The van der Waals surface area contributed by atoms with Crippen LogP contribution >= 0.6 is 35.6 Å². The molecule has 0 saturated carbocycles. The fraction of sp³-hybridized carbons (Fsp3) is 0.316. The molecule has 2 heterocycles. The fourth-order valence-electron chi connectivity index (χ4n) is 2.98. The summed E-state index contributed by atoms with van der Waals surface area (Å²) in [6, 6.07) is 7.49. The number of aryl methyl sites for hydroxylation is 2. The van der Waals surface area contributed by atoms with Gasteiger partial charge < -0.3 is 9.30 Å². The Labute approximate surface area is 164 Å². The lowest BCUT2D eigenvalue weighted by Gasteiger charge is -2.12. The highest BCUT2D eigenvalue weighted by molar-refractivity contribution is 6.35. The van der Waals surface area contributed by atoms with E-state index in [0.29, 0.717) is 22.5 Å². The van der Waals surface area contributed by atoms with E-state index in [1.165, 1.54) is 16.6 Å². The molecule has 6 heteroatoms. The monoisotopic (exact) mass is 398 g/mol. The van der Waals surface area contributed by atoms with E-state index < -0.39 is 0 Å². The number of aromatic nitrogens is 2. The topological polar surface area (TPSA) is 27.1 Å². The first-order valence-electron chi connectivity index (χ1n) is 8.04. The molecule has 2 aromatic heterocycles. The zero-order valence-electron chi connectivity index (χ0n) is 14.5. The third-order valence-electron chi connectivity index (χ3n) is 4.37. The molecule has 0 atom stereocenters. The average molecular weight is 400 g/mol. The van der Waals surface area contributed by atoms with Gasteiger partial charge in [-0.15, -0.1) is 12.4 Å². The molecular weight excluding hydrogens is 379 g/mol. The highest BCUT2D eigenvalue weighted by Gasteiger charge is 2.16. The van der Waals surface area contributed by atoms with Crippen molar-refractivity contribution in [2.75, 3.05) is 0 Å². The van der Waals surface area contributed by atoms with Crippen LogP contribution in [0, 0.1) is 13.8 Å². The van der Waals surface area contributed by atoms with Crippen molar-refractivity contribution in [3.8, 4) is 5.88 Å². The lowest BCUT2D eigenvalue weighted by atomic mass is 10.2. The number of ether oxygens (including phenoxy) is 1. The van der Waals surface area contributed by atoms with Gasteiger partial charge in [-0.3, -0.25) is 0 Å². The van der Waals surface area contributed by atoms with E-state index in [1.807, 2.05) is 24.3 Å². The molecule has 3 nitrogen and oxygen atoms in total. The molecule has 0 aliphatic carbocycles. The minimum absolute atomic E-state index is 0. The van der Waals surface area contributed by atoms with Gasteiger partial charge in [-0.05, 0) is 44.0 Å². The summed E-state index contributed by atoms with van der Waals surface area (Å²) in [6.07, 6.45) is 2.84. The largest absolute Gasteiger partial charge is 0.471 e. The second-order valence-corrected chi connectivity index (χ2v) is 6.68. The van der Waals surface area contributed by atoms with E-state index in [9.17, 15) is 0 Å². The molecule has 0 aliphatic rings. The van der Waals surface area contributed by atoms with Crippen molar-refractivity contribution in [3.05, 3.63) is 57.3 Å². The van der Waals surface area contributed by atoms with Crippen LogP contribution in [0.5, 0.6) is 5.88 Å². The standard InChI is InChI=1S/C19H20Cl2N2O.ClH/c1-4-10-23-13(3)12(2)14-8-9-22-19(18(14)23)24-11-15-16(20)6-5-7-17(15)21;/h5-9H,4,10-11H2,1-3H3;1H. The SMILES string of the molecule is CCCn1c(C)c(C)c2ccnc(OCc3c(Cl)cccc3Cl)c21.Cl. The van der Waals surface area contributed by atoms with E-state index in [0.717, 1.165) is 24.0 Å². The number of benzene rings is 1. The lowest BCUT2D eigenvalue weighted by molar-refractivity contribution is 0.296. The molecule has 3 aromatic rings. The van der Waals surface area contributed by atoms with Crippen LogP contribution < -0.4 is 4.74 Å². The molecule has 1 aromatic carbocycles. The molecule has 0 spiro atoms. The number of rotatable bonds is 5. The van der Waals surface area contributed by atoms with Crippen molar-refractivity contribution in [3.63, 3.8) is 0 Å². The van der Waals surface area contributed by atoms with Gasteiger partial charge in [-0.25, -0.2) is 4.98 Å². The van der Waals surface area contributed by atoms with Gasteiger partial charge in [0.25, 0.3) is 0 Å². The quantitative estimate of drug-likeness (QED) is 0.498. The maximum atomic E-state index is 6.23. The Balaban J connectivity index is 0.00000225. The third-order valence-corrected chi connectivity index (χ3v) is 5.08. The molecule has 0 bridgehead atoms. The summed E-state index contributed by atoms with van der Waals surface area (Å²) in [4.78, 5) is 4.45. The van der Waals surface area contributed by atoms with Crippen molar-refractivity contribution >= 4 is 46.5 Å². The van der Waals surface area contributed by atoms with Gasteiger partial charge in [0.05, 0.1) is 0 Å². The van der Waals surface area contributed by atoms with E-state index in [1.54, 1.807) is 6.20 Å². The normalized spacial score (nSPS) is 10.8. The van der Waals surface area contributed by atoms with E-state index in [-0.39, 0.29) is 12.4 Å². The molecule has 0 amide bonds. The molecule has 0 N–H and O–H groups in total. The third kappa shape index (κ3) is 3.74. The highest BCUT2D eigenvalue weighted by Crippen LogP contribution is 2.32. The Morgan fingerprint density at radius 2 is 1.80 bits per heavy atom. The minimum Gasteiger partial charge on any atom is -0.471 e. The minimum atomic E-state index is 0. The van der Waals surface area contributed by atoms with E-state index in [4.69, 9.17) is 27.9 Å². The van der Waals surface area contributed by atoms with Gasteiger partial charge in [0.15, 0.2) is 0 Å². The molecule has 0 saturated heterocycles. The summed E-state index contributed by atoms with van der Waals surface area (Å²) < 4.78 is 8.30. The zero-order chi connectivity index (χ0) is 17.3. The fourth-order valence-corrected chi connectivity index (χ4v) is 3.49. The summed E-state index contributed by atoms with van der Waals surface area (Å²) in [5.74, 6) is 0.619. The Kier molecular flexibility index (Phi) is 6.61. The van der Waals surface area contributed by atoms with E-state index >= 15 is 0 Å². The average Bonchev–Trinajstić information content (AvgIpc) is 2.81. The second-order valence-electron chi connectivity index (χ2n) is 5.86. The Morgan fingerprint density at radius 3 is 2.44 bits per heavy atom. The predicted octanol–water partition coefficient (Wildman–Crippen LogP) is 6.37. The van der Waals surface area contributed by atoms with Crippen molar-refractivity contribution in [1.82, 2.24) is 9.55 Å². The first-order valence-corrected chi connectivity index (χ1v) is 8.80. The van der Waals surface area contributed by atoms with Crippen LogP contribution in [-0.4, -0.2) is 9.55 Å². The highest BCUT2D eigenvalue weighted by atomic mass is 35.5. The Hall–Kier alpha value is -1.42. The summed E-state index contributed by atoms with van der Waals surface area (Å²) in [7, 11) is 0. The maximum absolute atomic E-state index is 6.23. The summed E-state index contributed by atoms with van der Waals surface area (Å²) >= 11 is 12.5. The van der Waals surface area contributed by atoms with Crippen LogP contribution in [0.15, 0.2) is 30.5 Å². The van der Waals surface area contributed by atoms with Crippen LogP contribution in [0.3, 0.4) is 0 Å². The van der Waals surface area contributed by atoms with Crippen LogP contribution in [0.4, 0.5) is 0 Å². The summed E-state index contributed by atoms with van der Waals surface area (Å²) in [5.41, 5.74) is 4.33. The van der Waals surface area contributed by atoms with Gasteiger partial charge in [0.1, 0.15) is 12.1 Å². The number of nitrogens with zero attached hydrogens (tertiary/aromatic N) is 2. The van der Waals surface area contributed by atoms with Gasteiger partial charge in [-0.2, -0.15) is 0 Å². The van der Waals surface area contributed by atoms with Gasteiger partial charge in [-0.1, -0.05) is 36.2 Å². The molecule has 0 radical (unpaired) electrons. The molecule has 3 rings (SSSR count). The maximum Gasteiger partial charge on any atom is 0.238 e. The van der Waals surface area contributed by atoms with Gasteiger partial charge >= 0.3 is 0 Å². The van der Waals surface area contributed by atoms with Crippen molar-refractivity contribution in [2.24, 2.45) is 0 Å². The summed E-state index contributed by atoms with van der Waals surface area (Å²) in [6.45, 7) is 7.67. The zero-order valence-corrected chi connectivity index (χ0v) is 16.8. The van der Waals surface area contributed by atoms with Gasteiger partial charge in [0, 0.05) is 39.4 Å². The smallest absolute Gasteiger partial charge is 0.238 e. The van der Waals surface area contributed by atoms with Crippen LogP contribution in [0.1, 0.15) is 30.2 Å². The van der Waals surface area contributed by atoms with Crippen molar-refractivity contribution < 1.29 is 4.74 Å². The number of hydrogen-bond acceptors (Lipinski definition) is 2. The molecular formula is C19H21Cl3N2O. The van der Waals surface area contributed by atoms with Crippen LogP contribution in [0.2, 0.25) is 10.0 Å². The van der Waals surface area contributed by atoms with Crippen molar-refractivity contribution in [1.29, 1.82) is 0 Å². The Morgan fingerprint density at radius 1 is 1.12 bits per heavy atom. The van der Waals surface area contributed by atoms with Crippen LogP contribution in [0.25, 0.3) is 10.9 Å². The predicted molar refractivity (Wildman–Crippen MR) is 108 cm³/mol. The van der Waals surface area contributed by atoms with Gasteiger partial charge in [0.2, 0.25) is 5.88 Å². The second kappa shape index (κ2) is 8.31.